The topological polar surface area (TPSA) is 60.8 Å². The maximum absolute atomic E-state index is 12.3. The Balaban J connectivity index is 2.10. The number of aliphatic hydroxyl groups excluding tert-OH is 2. The summed E-state index contributed by atoms with van der Waals surface area (Å²) >= 11 is 1.70. The van der Waals surface area contributed by atoms with Gasteiger partial charge in [0.15, 0.2) is 0 Å². The highest BCUT2D eigenvalue weighted by Gasteiger charge is 2.15. The molecule has 4 nitrogen and oxygen atoms in total. The highest BCUT2D eigenvalue weighted by Crippen LogP contribution is 2.23. The third-order valence-corrected chi connectivity index (χ3v) is 4.34. The average Bonchev–Trinajstić information content (AvgIpc) is 2.61. The lowest BCUT2D eigenvalue weighted by Gasteiger charge is -2.19. The van der Waals surface area contributed by atoms with Crippen LogP contribution in [0.1, 0.15) is 10.4 Å². The second kappa shape index (κ2) is 8.15. The Hall–Kier alpha value is -1.82. The van der Waals surface area contributed by atoms with Gasteiger partial charge in [-0.1, -0.05) is 24.3 Å². The van der Waals surface area contributed by atoms with Crippen LogP contribution in [0.2, 0.25) is 0 Å². The van der Waals surface area contributed by atoms with Crippen molar-refractivity contribution in [1.82, 2.24) is 4.90 Å². The molecule has 0 spiro atoms. The maximum Gasteiger partial charge on any atom is 0.253 e. The van der Waals surface area contributed by atoms with E-state index < -0.39 is 6.10 Å². The molecule has 0 aliphatic heterocycles. The Morgan fingerprint density at radius 1 is 1.09 bits per heavy atom. The molecule has 2 rings (SSSR count). The molecule has 0 unspecified atom stereocenters. The van der Waals surface area contributed by atoms with E-state index in [-0.39, 0.29) is 19.1 Å². The Kier molecular flexibility index (Phi) is 6.21. The molecule has 0 fully saturated rings. The summed E-state index contributed by atoms with van der Waals surface area (Å²) in [6.07, 6.45) is 1.12. The summed E-state index contributed by atoms with van der Waals surface area (Å²) in [5.41, 5.74) is 2.71. The monoisotopic (exact) mass is 331 g/mol. The Labute approximate surface area is 140 Å². The van der Waals surface area contributed by atoms with Gasteiger partial charge >= 0.3 is 0 Å². The lowest BCUT2D eigenvalue weighted by atomic mass is 10.0. The van der Waals surface area contributed by atoms with Crippen molar-refractivity contribution < 1.29 is 15.0 Å². The number of carbonyl (C=O) groups excluding carboxylic acids is 1. The van der Waals surface area contributed by atoms with Crippen molar-refractivity contribution in [3.05, 3.63) is 54.1 Å². The SMILES string of the molecule is CSc1ccc(-c2ccc(C(=O)N(C)C[C@@H](O)CO)cc2)cc1. The molecule has 0 bridgehead atoms. The number of nitrogens with zero attached hydrogens (tertiary/aromatic N) is 1. The predicted octanol–water partition coefficient (Wildman–Crippen LogP) is 2.50. The normalized spacial score (nSPS) is 12.0. The van der Waals surface area contributed by atoms with Crippen molar-refractivity contribution in [3.63, 3.8) is 0 Å². The van der Waals surface area contributed by atoms with Crippen LogP contribution < -0.4 is 0 Å². The van der Waals surface area contributed by atoms with Crippen LogP contribution in [-0.2, 0) is 0 Å². The second-order valence-electron chi connectivity index (χ2n) is 5.33. The summed E-state index contributed by atoms with van der Waals surface area (Å²) in [7, 11) is 1.61. The minimum atomic E-state index is -0.918. The van der Waals surface area contributed by atoms with Gasteiger partial charge in [0, 0.05) is 24.1 Å². The summed E-state index contributed by atoms with van der Waals surface area (Å²) in [5.74, 6) is -0.179. The molecule has 0 aliphatic carbocycles. The second-order valence-corrected chi connectivity index (χ2v) is 6.21. The molecule has 2 N–H and O–H groups in total. The van der Waals surface area contributed by atoms with E-state index in [0.717, 1.165) is 11.1 Å². The van der Waals surface area contributed by atoms with E-state index in [9.17, 15) is 9.90 Å². The van der Waals surface area contributed by atoms with E-state index in [2.05, 4.69) is 24.3 Å². The van der Waals surface area contributed by atoms with Crippen LogP contribution in [0, 0.1) is 0 Å². The van der Waals surface area contributed by atoms with E-state index in [1.165, 1.54) is 9.80 Å². The van der Waals surface area contributed by atoms with Crippen molar-refractivity contribution in [1.29, 1.82) is 0 Å². The van der Waals surface area contributed by atoms with Crippen LogP contribution in [-0.4, -0.2) is 53.6 Å². The first kappa shape index (κ1) is 17.5. The Morgan fingerprint density at radius 2 is 1.61 bits per heavy atom. The third kappa shape index (κ3) is 4.58. The maximum atomic E-state index is 12.3. The molecule has 0 saturated carbocycles. The van der Waals surface area contributed by atoms with Crippen LogP contribution in [0.15, 0.2) is 53.4 Å². The molecule has 122 valence electrons. The lowest BCUT2D eigenvalue weighted by Crippen LogP contribution is -2.35. The molecule has 23 heavy (non-hydrogen) atoms. The molecule has 2 aromatic rings. The van der Waals surface area contributed by atoms with Gasteiger partial charge in [0.05, 0.1) is 12.7 Å². The van der Waals surface area contributed by atoms with Crippen LogP contribution in [0.3, 0.4) is 0 Å². The molecule has 0 aromatic heterocycles. The van der Waals surface area contributed by atoms with Gasteiger partial charge < -0.3 is 15.1 Å². The molecule has 1 amide bonds. The lowest BCUT2D eigenvalue weighted by molar-refractivity contribution is 0.0520. The first-order valence-electron chi connectivity index (χ1n) is 7.34. The molecule has 0 heterocycles. The van der Waals surface area contributed by atoms with Gasteiger partial charge in [-0.25, -0.2) is 0 Å². The predicted molar refractivity (Wildman–Crippen MR) is 93.7 cm³/mol. The van der Waals surface area contributed by atoms with Gasteiger partial charge in [-0.3, -0.25) is 4.79 Å². The minimum Gasteiger partial charge on any atom is -0.394 e. The van der Waals surface area contributed by atoms with Gasteiger partial charge in [-0.05, 0) is 41.6 Å². The number of hydrogen-bond acceptors (Lipinski definition) is 4. The Morgan fingerprint density at radius 3 is 2.09 bits per heavy atom. The summed E-state index contributed by atoms with van der Waals surface area (Å²) in [5, 5.41) is 18.3. The summed E-state index contributed by atoms with van der Waals surface area (Å²) < 4.78 is 0. The first-order chi connectivity index (χ1) is 11.0. The first-order valence-corrected chi connectivity index (χ1v) is 8.56. The molecule has 0 saturated heterocycles. The molecule has 2 aromatic carbocycles. The van der Waals surface area contributed by atoms with Crippen molar-refractivity contribution in [2.75, 3.05) is 26.5 Å². The van der Waals surface area contributed by atoms with Crippen molar-refractivity contribution in [2.45, 2.75) is 11.0 Å². The molecule has 5 heteroatoms. The summed E-state index contributed by atoms with van der Waals surface area (Å²) in [6, 6.07) is 15.7. The number of carbonyl (C=O) groups is 1. The van der Waals surface area contributed by atoms with E-state index in [1.54, 1.807) is 30.9 Å². The number of aliphatic hydroxyl groups is 2. The highest BCUT2D eigenvalue weighted by atomic mass is 32.2. The van der Waals surface area contributed by atoms with E-state index in [4.69, 9.17) is 5.11 Å². The van der Waals surface area contributed by atoms with Gasteiger partial charge in [0.25, 0.3) is 5.91 Å². The zero-order chi connectivity index (χ0) is 16.8. The van der Waals surface area contributed by atoms with E-state index in [0.29, 0.717) is 5.56 Å². The molecular formula is C18H21NO3S. The Bertz CT molecular complexity index is 640. The van der Waals surface area contributed by atoms with Gasteiger partial charge in [0.1, 0.15) is 0 Å². The van der Waals surface area contributed by atoms with Crippen molar-refractivity contribution in [3.8, 4) is 11.1 Å². The smallest absolute Gasteiger partial charge is 0.253 e. The van der Waals surface area contributed by atoms with Crippen LogP contribution in [0.5, 0.6) is 0 Å². The zero-order valence-electron chi connectivity index (χ0n) is 13.3. The molecular weight excluding hydrogens is 310 g/mol. The average molecular weight is 331 g/mol. The fraction of sp³-hybridized carbons (Fsp3) is 0.278. The minimum absolute atomic E-state index is 0.104. The van der Waals surface area contributed by atoms with Crippen LogP contribution >= 0.6 is 11.8 Å². The number of benzene rings is 2. The third-order valence-electron chi connectivity index (χ3n) is 3.60. The van der Waals surface area contributed by atoms with E-state index in [1.807, 2.05) is 18.4 Å². The molecule has 0 radical (unpaired) electrons. The van der Waals surface area contributed by atoms with Crippen molar-refractivity contribution in [2.24, 2.45) is 0 Å². The largest absolute Gasteiger partial charge is 0.394 e. The number of amides is 1. The quantitative estimate of drug-likeness (QED) is 0.799. The summed E-state index contributed by atoms with van der Waals surface area (Å²) in [4.78, 5) is 14.9. The number of hydrogen-bond donors (Lipinski definition) is 2. The van der Waals surface area contributed by atoms with Crippen LogP contribution in [0.25, 0.3) is 11.1 Å². The van der Waals surface area contributed by atoms with Gasteiger partial charge in [-0.2, -0.15) is 0 Å². The molecule has 0 aliphatic rings. The van der Waals surface area contributed by atoms with E-state index >= 15 is 0 Å². The summed E-state index contributed by atoms with van der Waals surface area (Å²) in [6.45, 7) is -0.254. The fourth-order valence-corrected chi connectivity index (χ4v) is 2.67. The number of rotatable bonds is 6. The van der Waals surface area contributed by atoms with Gasteiger partial charge in [0.2, 0.25) is 0 Å². The fourth-order valence-electron chi connectivity index (χ4n) is 2.27. The van der Waals surface area contributed by atoms with Gasteiger partial charge in [-0.15, -0.1) is 11.8 Å². The number of likely N-dealkylation sites (N-methyl/N-ethyl adjacent to an activating group) is 1. The molecule has 1 atom stereocenters. The van der Waals surface area contributed by atoms with Crippen LogP contribution in [0.4, 0.5) is 0 Å². The standard InChI is InChI=1S/C18H21NO3S/c1-19(11-16(21)12-20)18(22)15-5-3-13(4-6-15)14-7-9-17(23-2)10-8-14/h3-10,16,20-21H,11-12H2,1-2H3/t16-/m1/s1. The highest BCUT2D eigenvalue weighted by molar-refractivity contribution is 7.98. The zero-order valence-corrected chi connectivity index (χ0v) is 14.1. The van der Waals surface area contributed by atoms with Crippen molar-refractivity contribution >= 4 is 17.7 Å². The number of thioether (sulfide) groups is 1.